The van der Waals surface area contributed by atoms with Crippen LogP contribution in [0.15, 0.2) is 47.2 Å². The highest BCUT2D eigenvalue weighted by Crippen LogP contribution is 2.47. The monoisotopic (exact) mass is 173 g/mol. The quantitative estimate of drug-likeness (QED) is 0.593. The lowest BCUT2D eigenvalue weighted by Gasteiger charge is -2.10. The zero-order chi connectivity index (χ0) is 9.59. The molecule has 1 aliphatic carbocycles. The van der Waals surface area contributed by atoms with Crippen LogP contribution in [0.25, 0.3) is 0 Å². The molecule has 1 fully saturated rings. The van der Waals surface area contributed by atoms with Gasteiger partial charge in [0, 0.05) is 12.5 Å². The molecule has 2 rings (SSSR count). The van der Waals surface area contributed by atoms with Crippen molar-refractivity contribution in [1.82, 2.24) is 5.32 Å². The Bertz CT molecular complexity index is 355. The number of rotatable bonds is 0. The van der Waals surface area contributed by atoms with Crippen molar-refractivity contribution in [2.24, 2.45) is 5.92 Å². The van der Waals surface area contributed by atoms with E-state index in [2.05, 4.69) is 32.3 Å². The van der Waals surface area contributed by atoms with Gasteiger partial charge in [-0.2, -0.15) is 0 Å². The molecule has 1 nitrogen and oxygen atoms in total. The Hall–Kier alpha value is -1.24. The van der Waals surface area contributed by atoms with Crippen molar-refractivity contribution in [3.8, 4) is 0 Å². The predicted octanol–water partition coefficient (Wildman–Crippen LogP) is 2.55. The minimum atomic E-state index is 0.570. The maximum Gasteiger partial charge on any atom is 0.0265 e. The first-order chi connectivity index (χ1) is 6.13. The van der Waals surface area contributed by atoms with Gasteiger partial charge in [0.2, 0.25) is 0 Å². The summed E-state index contributed by atoms with van der Waals surface area (Å²) in [6.45, 7) is 13.4. The van der Waals surface area contributed by atoms with Crippen molar-refractivity contribution in [2.75, 3.05) is 6.54 Å². The summed E-state index contributed by atoms with van der Waals surface area (Å²) in [5.74, 6) is 0.570. The lowest BCUT2D eigenvalue weighted by molar-refractivity contribution is 0.785. The third-order valence-electron chi connectivity index (χ3n) is 3.00. The maximum absolute atomic E-state index is 4.08. The predicted molar refractivity (Wildman–Crippen MR) is 56.2 cm³/mol. The molecular weight excluding hydrogens is 158 g/mol. The highest BCUT2D eigenvalue weighted by atomic mass is 14.9. The molecule has 0 aromatic heterocycles. The molecule has 1 heteroatoms. The van der Waals surface area contributed by atoms with Crippen LogP contribution in [0.3, 0.4) is 0 Å². The van der Waals surface area contributed by atoms with E-state index in [1.165, 1.54) is 22.3 Å². The van der Waals surface area contributed by atoms with Gasteiger partial charge >= 0.3 is 0 Å². The molecule has 0 bridgehead atoms. The number of allylic oxidation sites excluding steroid dienone is 3. The van der Waals surface area contributed by atoms with Gasteiger partial charge in [-0.1, -0.05) is 13.2 Å². The average molecular weight is 173 g/mol. The lowest BCUT2D eigenvalue weighted by atomic mass is 10.0. The van der Waals surface area contributed by atoms with Crippen molar-refractivity contribution in [2.45, 2.75) is 13.8 Å². The Morgan fingerprint density at radius 2 is 2.08 bits per heavy atom. The largest absolute Gasteiger partial charge is 0.390 e. The molecule has 0 spiro atoms. The fourth-order valence-corrected chi connectivity index (χ4v) is 1.92. The summed E-state index contributed by atoms with van der Waals surface area (Å²) in [6.07, 6.45) is 2.05. The summed E-state index contributed by atoms with van der Waals surface area (Å²) in [6, 6.07) is 0. The molecule has 0 amide bonds. The molecule has 0 radical (unpaired) electrons. The Morgan fingerprint density at radius 3 is 2.77 bits per heavy atom. The van der Waals surface area contributed by atoms with E-state index in [0.29, 0.717) is 5.92 Å². The molecular formula is C12H15N. The van der Waals surface area contributed by atoms with Crippen LogP contribution in [-0.4, -0.2) is 6.54 Å². The molecule has 2 aliphatic rings. The van der Waals surface area contributed by atoms with E-state index < -0.39 is 0 Å². The Labute approximate surface area is 79.5 Å². The highest BCUT2D eigenvalue weighted by molar-refractivity contribution is 5.63. The average Bonchev–Trinajstić information content (AvgIpc) is 2.72. The minimum Gasteiger partial charge on any atom is -0.390 e. The summed E-state index contributed by atoms with van der Waals surface area (Å²) >= 11 is 0. The summed E-state index contributed by atoms with van der Waals surface area (Å²) in [7, 11) is 0. The van der Waals surface area contributed by atoms with Crippen molar-refractivity contribution in [3.05, 3.63) is 47.2 Å². The van der Waals surface area contributed by atoms with E-state index in [0.717, 1.165) is 12.1 Å². The molecule has 1 N–H and O–H groups in total. The smallest absolute Gasteiger partial charge is 0.0265 e. The number of fused-ring (bicyclic) bond motifs is 1. The van der Waals surface area contributed by atoms with Crippen LogP contribution in [0.1, 0.15) is 13.8 Å². The molecule has 0 aromatic rings. The van der Waals surface area contributed by atoms with E-state index in [1.807, 2.05) is 6.20 Å². The van der Waals surface area contributed by atoms with Crippen LogP contribution in [0, 0.1) is 5.92 Å². The van der Waals surface area contributed by atoms with Gasteiger partial charge in [0.15, 0.2) is 0 Å². The van der Waals surface area contributed by atoms with Gasteiger partial charge < -0.3 is 5.32 Å². The van der Waals surface area contributed by atoms with Crippen LogP contribution < -0.4 is 5.32 Å². The van der Waals surface area contributed by atoms with Gasteiger partial charge in [-0.15, -0.1) is 0 Å². The Kier molecular flexibility index (Phi) is 1.69. The molecule has 68 valence electrons. The van der Waals surface area contributed by atoms with E-state index in [1.54, 1.807) is 0 Å². The first-order valence-electron chi connectivity index (χ1n) is 4.62. The van der Waals surface area contributed by atoms with Crippen LogP contribution >= 0.6 is 0 Å². The maximum atomic E-state index is 4.08. The minimum absolute atomic E-state index is 0.570. The lowest BCUT2D eigenvalue weighted by Crippen LogP contribution is -2.12. The molecule has 0 saturated heterocycles. The molecule has 1 atom stereocenters. The zero-order valence-corrected chi connectivity index (χ0v) is 8.28. The summed E-state index contributed by atoms with van der Waals surface area (Å²) < 4.78 is 0. The summed E-state index contributed by atoms with van der Waals surface area (Å²) in [4.78, 5) is 0. The van der Waals surface area contributed by atoms with Gasteiger partial charge in [-0.3, -0.25) is 0 Å². The van der Waals surface area contributed by atoms with Gasteiger partial charge in [-0.05, 0) is 47.9 Å². The van der Waals surface area contributed by atoms with Gasteiger partial charge in [0.1, 0.15) is 0 Å². The summed E-state index contributed by atoms with van der Waals surface area (Å²) in [5.41, 5.74) is 6.40. The van der Waals surface area contributed by atoms with E-state index in [-0.39, 0.29) is 0 Å². The highest BCUT2D eigenvalue weighted by Gasteiger charge is 2.37. The summed E-state index contributed by atoms with van der Waals surface area (Å²) in [5, 5.41) is 3.29. The zero-order valence-electron chi connectivity index (χ0n) is 8.28. The molecule has 1 heterocycles. The van der Waals surface area contributed by atoms with Crippen molar-refractivity contribution in [1.29, 1.82) is 0 Å². The van der Waals surface area contributed by atoms with Crippen LogP contribution in [0.5, 0.6) is 0 Å². The standard InChI is InChI=1S/C12H15N/c1-7-5-13-6-11-10(4)12(11)9(3)8(7)2/h5,11,13H,2,4,6H2,1,3H3/b7-5-,12-9-. The molecule has 1 saturated carbocycles. The third kappa shape index (κ3) is 1.15. The van der Waals surface area contributed by atoms with E-state index >= 15 is 0 Å². The second kappa shape index (κ2) is 2.63. The van der Waals surface area contributed by atoms with Gasteiger partial charge in [0.25, 0.3) is 0 Å². The molecule has 13 heavy (non-hydrogen) atoms. The van der Waals surface area contributed by atoms with E-state index in [9.17, 15) is 0 Å². The number of hydrogen-bond acceptors (Lipinski definition) is 1. The molecule has 1 unspecified atom stereocenters. The van der Waals surface area contributed by atoms with Crippen LogP contribution in [-0.2, 0) is 0 Å². The Morgan fingerprint density at radius 1 is 1.38 bits per heavy atom. The van der Waals surface area contributed by atoms with Gasteiger partial charge in [-0.25, -0.2) is 0 Å². The SMILES string of the molecule is C=C1/C(C)=C\NCC2C(=C)/C2=C/1C. The first-order valence-corrected chi connectivity index (χ1v) is 4.62. The molecule has 1 aliphatic heterocycles. The second-order valence-corrected chi connectivity index (χ2v) is 3.83. The van der Waals surface area contributed by atoms with Gasteiger partial charge in [0.05, 0.1) is 0 Å². The number of hydrogen-bond donors (Lipinski definition) is 1. The number of nitrogens with one attached hydrogen (secondary N) is 1. The van der Waals surface area contributed by atoms with Crippen molar-refractivity contribution < 1.29 is 0 Å². The molecule has 0 aromatic carbocycles. The fraction of sp³-hybridized carbons (Fsp3) is 0.333. The van der Waals surface area contributed by atoms with Crippen molar-refractivity contribution in [3.63, 3.8) is 0 Å². The topological polar surface area (TPSA) is 12.0 Å². The van der Waals surface area contributed by atoms with E-state index in [4.69, 9.17) is 0 Å². The second-order valence-electron chi connectivity index (χ2n) is 3.83. The van der Waals surface area contributed by atoms with Crippen LogP contribution in [0.4, 0.5) is 0 Å². The third-order valence-corrected chi connectivity index (χ3v) is 3.00. The first kappa shape index (κ1) is 8.36. The fourth-order valence-electron chi connectivity index (χ4n) is 1.92. The van der Waals surface area contributed by atoms with Crippen molar-refractivity contribution >= 4 is 0 Å². The Balaban J connectivity index is 2.42. The van der Waals surface area contributed by atoms with Crippen LogP contribution in [0.2, 0.25) is 0 Å². The normalized spacial score (nSPS) is 36.8.